The number of halogens is 1. The molecule has 15 nitrogen and oxygen atoms in total. The molecule has 2 saturated heterocycles. The Kier molecular flexibility index (Phi) is 14.2. The molecule has 360 valence electrons. The Morgan fingerprint density at radius 2 is 1.62 bits per heavy atom. The maximum Gasteiger partial charge on any atom is 0.316 e. The number of anilines is 1. The molecule has 16 heteroatoms. The van der Waals surface area contributed by atoms with E-state index in [0.717, 1.165) is 19.6 Å². The smallest absolute Gasteiger partial charge is 0.316 e. The summed E-state index contributed by atoms with van der Waals surface area (Å²) in [5, 5.41) is 27.7. The number of carbonyl (C=O) groups is 3. The van der Waals surface area contributed by atoms with Crippen LogP contribution in [0.15, 0.2) is 46.1 Å². The van der Waals surface area contributed by atoms with E-state index >= 15 is 0 Å². The molecule has 0 radical (unpaired) electrons. The Labute approximate surface area is 395 Å². The first-order valence-electron chi connectivity index (χ1n) is 23.2. The first-order chi connectivity index (χ1) is 31.1. The number of nitrogens with one attached hydrogen (secondary N) is 1. The lowest BCUT2D eigenvalue weighted by atomic mass is 9.73. The highest BCUT2D eigenvalue weighted by Crippen LogP contribution is 2.50. The van der Waals surface area contributed by atoms with Gasteiger partial charge >= 0.3 is 11.8 Å². The molecule has 8 rings (SSSR count). The molecule has 2 aromatic carbocycles. The van der Waals surface area contributed by atoms with Crippen molar-refractivity contribution in [1.82, 2.24) is 4.90 Å². The second-order valence-corrected chi connectivity index (χ2v) is 20.5. The van der Waals surface area contributed by atoms with E-state index in [1.165, 1.54) is 13.2 Å². The first kappa shape index (κ1) is 49.6. The van der Waals surface area contributed by atoms with Crippen molar-refractivity contribution in [3.8, 4) is 17.2 Å². The zero-order chi connectivity index (χ0) is 48.2. The van der Waals surface area contributed by atoms with Gasteiger partial charge in [0, 0.05) is 80.8 Å². The number of nitrogens with zero attached hydrogens (tertiary/aromatic N) is 3. The molecule has 1 spiro atoms. The third-order valence-electron chi connectivity index (χ3n) is 14.2. The van der Waals surface area contributed by atoms with E-state index in [2.05, 4.69) is 60.8 Å². The van der Waals surface area contributed by atoms with Gasteiger partial charge in [0.25, 0.3) is 11.7 Å². The molecule has 3 N–H and O–H groups in total. The van der Waals surface area contributed by atoms with E-state index in [0.29, 0.717) is 24.3 Å². The fraction of sp³-hybridized carbons (Fsp3) is 0.620. The second kappa shape index (κ2) is 19.0. The summed E-state index contributed by atoms with van der Waals surface area (Å²) >= 11 is 3.22. The summed E-state index contributed by atoms with van der Waals surface area (Å²) in [5.74, 6) is -5.59. The number of methoxy groups -OCH3 is 1. The summed E-state index contributed by atoms with van der Waals surface area (Å²) in [7, 11) is 1.58. The van der Waals surface area contributed by atoms with E-state index in [4.69, 9.17) is 38.4 Å². The van der Waals surface area contributed by atoms with Gasteiger partial charge in [-0.2, -0.15) is 0 Å². The second-order valence-electron chi connectivity index (χ2n) is 19.9. The molecule has 0 unspecified atom stereocenters. The van der Waals surface area contributed by atoms with Gasteiger partial charge in [-0.15, -0.1) is 0 Å². The van der Waals surface area contributed by atoms with Gasteiger partial charge in [0.2, 0.25) is 0 Å². The maximum absolute atomic E-state index is 14.9. The molecule has 2 aromatic rings. The monoisotopic (exact) mass is 978 g/mol. The quantitative estimate of drug-likeness (QED) is 0.151. The number of amides is 1. The van der Waals surface area contributed by atoms with E-state index in [1.807, 2.05) is 32.9 Å². The van der Waals surface area contributed by atoms with E-state index < -0.39 is 46.8 Å². The van der Waals surface area contributed by atoms with Crippen molar-refractivity contribution in [3.05, 3.63) is 58.0 Å². The van der Waals surface area contributed by atoms with Crippen LogP contribution >= 0.6 is 15.9 Å². The van der Waals surface area contributed by atoms with Crippen molar-refractivity contribution in [2.75, 3.05) is 44.0 Å². The molecule has 1 amide bonds. The van der Waals surface area contributed by atoms with Gasteiger partial charge in [0.1, 0.15) is 27.9 Å². The fourth-order valence-corrected chi connectivity index (χ4v) is 10.7. The highest BCUT2D eigenvalue weighted by Gasteiger charge is 2.51. The molecule has 6 aliphatic rings. The predicted molar refractivity (Wildman–Crippen MR) is 252 cm³/mol. The van der Waals surface area contributed by atoms with Crippen LogP contribution in [-0.4, -0.2) is 107 Å². The summed E-state index contributed by atoms with van der Waals surface area (Å²) in [6, 6.07) is 0. The minimum atomic E-state index is -1.92. The summed E-state index contributed by atoms with van der Waals surface area (Å²) in [4.78, 5) is 54.4. The predicted octanol–water partition coefficient (Wildman–Crippen LogP) is 7.17. The number of esters is 1. The Bertz CT molecular complexity index is 2480. The van der Waals surface area contributed by atoms with Gasteiger partial charge in [-0.1, -0.05) is 75.7 Å². The molecule has 7 bridgehead atoms. The number of fused-ring (bicyclic) bond motifs is 9. The average Bonchev–Trinajstić information content (AvgIpc) is 3.76. The molecule has 66 heavy (non-hydrogen) atoms. The van der Waals surface area contributed by atoms with Crippen LogP contribution in [0.1, 0.15) is 98.0 Å². The number of Topliss-reactive ketones (excluding diaryl/α,β-unsaturated/α-hetero) is 1. The summed E-state index contributed by atoms with van der Waals surface area (Å²) in [6.45, 7) is 23.6. The third-order valence-corrected chi connectivity index (χ3v) is 14.7. The maximum atomic E-state index is 14.9. The van der Waals surface area contributed by atoms with Crippen molar-refractivity contribution in [3.63, 3.8) is 0 Å². The van der Waals surface area contributed by atoms with Gasteiger partial charge in [0.05, 0.1) is 47.5 Å². The van der Waals surface area contributed by atoms with Gasteiger partial charge in [0.15, 0.2) is 17.2 Å². The Hall–Kier alpha value is -4.35. The molecule has 0 saturated carbocycles. The molecule has 2 fully saturated rings. The number of carbonyl (C=O) groups excluding carboxylic acids is 3. The molecule has 0 aliphatic carbocycles. The van der Waals surface area contributed by atoms with Gasteiger partial charge < -0.3 is 48.9 Å². The fourth-order valence-electron chi connectivity index (χ4n) is 10.5. The molecular weight excluding hydrogens is 912 g/mol. The molecular formula is C50H67BrN4O11. The van der Waals surface area contributed by atoms with E-state index in [1.54, 1.807) is 33.1 Å². The summed E-state index contributed by atoms with van der Waals surface area (Å²) in [5.41, 5.74) is -0.352. The largest absolute Gasteiger partial charge is 0.507 e. The molecule has 6 aliphatic heterocycles. The van der Waals surface area contributed by atoms with Gasteiger partial charge in [-0.05, 0) is 51.5 Å². The van der Waals surface area contributed by atoms with Crippen LogP contribution in [0.3, 0.4) is 0 Å². The first-order valence-corrected chi connectivity index (χ1v) is 24.3. The zero-order valence-electron chi connectivity index (χ0n) is 40.3. The molecule has 0 aromatic heterocycles. The van der Waals surface area contributed by atoms with Crippen LogP contribution in [-0.2, 0) is 33.3 Å². The van der Waals surface area contributed by atoms with Crippen molar-refractivity contribution >= 4 is 50.0 Å². The number of rotatable bonds is 6. The Balaban J connectivity index is 1.39. The van der Waals surface area contributed by atoms with Crippen LogP contribution in [0, 0.1) is 42.4 Å². The minimum Gasteiger partial charge on any atom is -0.507 e. The number of hydrogen-bond donors (Lipinski definition) is 3. The van der Waals surface area contributed by atoms with Gasteiger partial charge in [-0.3, -0.25) is 24.4 Å². The summed E-state index contributed by atoms with van der Waals surface area (Å²) < 4.78 is 37.8. The topological polar surface area (TPSA) is 187 Å². The molecule has 6 heterocycles. The number of piperidine rings is 1. The number of benzene rings is 2. The van der Waals surface area contributed by atoms with E-state index in [9.17, 15) is 24.6 Å². The van der Waals surface area contributed by atoms with Crippen LogP contribution in [0.5, 0.6) is 17.2 Å². The number of alkyl halides is 1. The lowest BCUT2D eigenvalue weighted by Crippen LogP contribution is -2.55. The van der Waals surface area contributed by atoms with Crippen molar-refractivity contribution in [2.24, 2.45) is 45.5 Å². The molecule has 9 atom stereocenters. The zero-order valence-corrected chi connectivity index (χ0v) is 41.9. The van der Waals surface area contributed by atoms with E-state index in [-0.39, 0.29) is 104 Å². The van der Waals surface area contributed by atoms with Gasteiger partial charge in [-0.25, -0.2) is 0 Å². The lowest BCUT2D eigenvalue weighted by molar-refractivity contribution is -0.335. The highest BCUT2D eigenvalue weighted by molar-refractivity contribution is 9.09. The SMILES string of the molecule is CO[C@H]1/C=C/O[C@@]2(C)Oc3c(C)c(O)c4c(O)c(c5c(c4c3C2=O)=NC2(CCN(CC(C)C)CC2)N=5)NC(=O)/C(C)=C\C=C\[C@H](C)[C@@H]2OC(C)(C)O[C@@H]([C@@H](C)[C@H](COC(=O)CBr)[C@@H]1C)[C@@H]2C. The Morgan fingerprint density at radius 3 is 2.27 bits per heavy atom. The number of phenolic OH excluding ortho intramolecular Hbond substituents is 2. The standard InChI is InChI=1S/C50H67BrN4O11/c1-25(2)23-55-19-17-50(18-20-55)53-38-35-36-41(57)30(7)45-37(35)46(59)49(11,66-45)63-21-16-33(61-12)28(5)32(24-62-34(56)22-51)29(6)44-31(8)43(64-48(9,10)65-44)26(3)14-13-15-27(4)47(60)52-40(42(36)58)39(38)54-50/h13-16,21,25-26,28-29,31-33,43-44,57-58H,17-20,22-24H2,1-12H3,(H,52,60)/b14-13+,21-16+,27-15-/t26-,28-,29-,31+,32+,33-,43-,44-,49-/m0/s1. The number of likely N-dealkylation sites (tertiary alicyclic amines) is 1. The van der Waals surface area contributed by atoms with Crippen LogP contribution in [0.25, 0.3) is 10.8 Å². The minimum absolute atomic E-state index is 0.0120. The Morgan fingerprint density at radius 1 is 0.955 bits per heavy atom. The normalized spacial score (nSPS) is 32.7. The van der Waals surface area contributed by atoms with Crippen LogP contribution in [0.4, 0.5) is 5.69 Å². The number of aromatic hydroxyl groups is 2. The number of allylic oxidation sites excluding steroid dienone is 2. The van der Waals surface area contributed by atoms with Crippen molar-refractivity contribution < 1.29 is 53.0 Å². The van der Waals surface area contributed by atoms with Crippen molar-refractivity contribution in [1.29, 1.82) is 0 Å². The number of ether oxygens (including phenoxy) is 6. The number of hydrogen-bond acceptors (Lipinski definition) is 14. The lowest BCUT2D eigenvalue weighted by Gasteiger charge is -2.50. The summed E-state index contributed by atoms with van der Waals surface area (Å²) in [6.07, 6.45) is 8.50. The van der Waals surface area contributed by atoms with Crippen molar-refractivity contribution in [2.45, 2.75) is 125 Å². The highest BCUT2D eigenvalue weighted by atomic mass is 79.9. The van der Waals surface area contributed by atoms with Crippen LogP contribution < -0.4 is 20.8 Å². The number of phenols is 2. The average molecular weight is 980 g/mol. The van der Waals surface area contributed by atoms with Crippen LogP contribution in [0.2, 0.25) is 0 Å². The number of ketones is 1. The third kappa shape index (κ3) is 9.29.